The second-order valence-corrected chi connectivity index (χ2v) is 6.11. The van der Waals surface area contributed by atoms with Crippen molar-refractivity contribution < 1.29 is 0 Å². The fraction of sp³-hybridized carbons (Fsp3) is 0.250. The van der Waals surface area contributed by atoms with Gasteiger partial charge in [-0.3, -0.25) is 0 Å². The van der Waals surface area contributed by atoms with Crippen molar-refractivity contribution >= 4 is 11.3 Å². The molecule has 3 rings (SSSR count). The number of rotatable bonds is 4. The molecule has 1 aromatic carbocycles. The first kappa shape index (κ1) is 14.0. The highest BCUT2D eigenvalue weighted by molar-refractivity contribution is 7.09. The predicted octanol–water partition coefficient (Wildman–Crippen LogP) is 3.00. The molecule has 0 aliphatic carbocycles. The number of nitrogens with two attached hydrogens (primary N) is 1. The molecule has 2 N–H and O–H groups in total. The van der Waals surface area contributed by atoms with E-state index < -0.39 is 0 Å². The monoisotopic (exact) mass is 298 g/mol. The van der Waals surface area contributed by atoms with Gasteiger partial charge < -0.3 is 5.73 Å². The summed E-state index contributed by atoms with van der Waals surface area (Å²) in [5, 5.41) is 10.7. The zero-order chi connectivity index (χ0) is 14.8. The van der Waals surface area contributed by atoms with Crippen LogP contribution in [0.25, 0.3) is 5.69 Å². The molecule has 2 aromatic heterocycles. The van der Waals surface area contributed by atoms with Gasteiger partial charge >= 0.3 is 0 Å². The lowest BCUT2D eigenvalue weighted by atomic mass is 10.1. The largest absolute Gasteiger partial charge is 0.325 e. The molecular weight excluding hydrogens is 280 g/mol. The van der Waals surface area contributed by atoms with Gasteiger partial charge in [0.1, 0.15) is 5.69 Å². The van der Waals surface area contributed by atoms with Crippen LogP contribution in [0.1, 0.15) is 27.4 Å². The van der Waals surface area contributed by atoms with Crippen molar-refractivity contribution in [1.82, 2.24) is 15.0 Å². The third-order valence-corrected chi connectivity index (χ3v) is 4.64. The molecule has 0 amide bonds. The lowest BCUT2D eigenvalue weighted by Gasteiger charge is -2.11. The van der Waals surface area contributed by atoms with Gasteiger partial charge in [-0.2, -0.15) is 0 Å². The Morgan fingerprint density at radius 1 is 1.19 bits per heavy atom. The minimum absolute atomic E-state index is 0.408. The third-order valence-electron chi connectivity index (χ3n) is 3.76. The summed E-state index contributed by atoms with van der Waals surface area (Å²) in [4.78, 5) is 1.29. The Hall–Kier alpha value is -1.98. The molecule has 108 valence electrons. The van der Waals surface area contributed by atoms with E-state index in [1.165, 1.54) is 16.0 Å². The van der Waals surface area contributed by atoms with E-state index in [-0.39, 0.29) is 0 Å². The van der Waals surface area contributed by atoms with Crippen molar-refractivity contribution in [3.05, 3.63) is 63.1 Å². The summed E-state index contributed by atoms with van der Waals surface area (Å²) in [6, 6.07) is 10.4. The minimum Gasteiger partial charge on any atom is -0.325 e. The number of aryl methyl sites for hydroxylation is 1. The molecule has 21 heavy (non-hydrogen) atoms. The van der Waals surface area contributed by atoms with Gasteiger partial charge in [-0.1, -0.05) is 23.4 Å². The SMILES string of the molecule is Cc1cccc(-n2nnc(CN)c2Cc2cccs2)c1C. The molecule has 0 bridgehead atoms. The van der Waals surface area contributed by atoms with Crippen molar-refractivity contribution in [2.75, 3.05) is 0 Å². The van der Waals surface area contributed by atoms with Crippen molar-refractivity contribution in [3.8, 4) is 5.69 Å². The van der Waals surface area contributed by atoms with Gasteiger partial charge in [-0.25, -0.2) is 4.68 Å². The Bertz CT molecular complexity index is 744. The number of hydrogen-bond donors (Lipinski definition) is 1. The van der Waals surface area contributed by atoms with Crippen LogP contribution >= 0.6 is 11.3 Å². The van der Waals surface area contributed by atoms with E-state index in [2.05, 4.69) is 59.9 Å². The lowest BCUT2D eigenvalue weighted by Crippen LogP contribution is -2.08. The topological polar surface area (TPSA) is 56.7 Å². The molecule has 0 saturated heterocycles. The van der Waals surface area contributed by atoms with Crippen LogP contribution in [0.15, 0.2) is 35.7 Å². The fourth-order valence-electron chi connectivity index (χ4n) is 2.41. The number of benzene rings is 1. The van der Waals surface area contributed by atoms with Crippen LogP contribution in [0.2, 0.25) is 0 Å². The lowest BCUT2D eigenvalue weighted by molar-refractivity contribution is 0.768. The van der Waals surface area contributed by atoms with Crippen LogP contribution in [-0.2, 0) is 13.0 Å². The smallest absolute Gasteiger partial charge is 0.100 e. The summed E-state index contributed by atoms with van der Waals surface area (Å²) in [6.45, 7) is 4.63. The second-order valence-electron chi connectivity index (χ2n) is 5.07. The van der Waals surface area contributed by atoms with Crippen molar-refractivity contribution in [1.29, 1.82) is 0 Å². The van der Waals surface area contributed by atoms with E-state index in [0.29, 0.717) is 6.54 Å². The zero-order valence-electron chi connectivity index (χ0n) is 12.2. The van der Waals surface area contributed by atoms with E-state index in [4.69, 9.17) is 5.73 Å². The summed E-state index contributed by atoms with van der Waals surface area (Å²) < 4.78 is 1.93. The number of nitrogens with zero attached hydrogens (tertiary/aromatic N) is 3. The molecular formula is C16H18N4S. The summed E-state index contributed by atoms with van der Waals surface area (Å²) in [5.41, 5.74) is 11.3. The van der Waals surface area contributed by atoms with Gasteiger partial charge in [-0.05, 0) is 42.5 Å². The number of aromatic nitrogens is 3. The maximum absolute atomic E-state index is 5.83. The highest BCUT2D eigenvalue weighted by Crippen LogP contribution is 2.22. The Labute approximate surface area is 128 Å². The summed E-state index contributed by atoms with van der Waals surface area (Å²) in [6.07, 6.45) is 0.810. The second kappa shape index (κ2) is 5.79. The van der Waals surface area contributed by atoms with Crippen molar-refractivity contribution in [2.45, 2.75) is 26.8 Å². The quantitative estimate of drug-likeness (QED) is 0.805. The first-order valence-corrected chi connectivity index (χ1v) is 7.81. The standard InChI is InChI=1S/C16H18N4S/c1-11-5-3-7-15(12(11)2)20-16(14(10-17)18-19-20)9-13-6-4-8-21-13/h3-8H,9-10,17H2,1-2H3. The zero-order valence-corrected chi connectivity index (χ0v) is 13.0. The average Bonchev–Trinajstić information content (AvgIpc) is 3.12. The van der Waals surface area contributed by atoms with Gasteiger partial charge in [0, 0.05) is 17.8 Å². The number of thiophene rings is 1. The molecule has 0 radical (unpaired) electrons. The van der Waals surface area contributed by atoms with Crippen LogP contribution in [0.5, 0.6) is 0 Å². The van der Waals surface area contributed by atoms with E-state index in [0.717, 1.165) is 23.5 Å². The summed E-state index contributed by atoms with van der Waals surface area (Å²) in [5.74, 6) is 0. The highest BCUT2D eigenvalue weighted by Gasteiger charge is 2.16. The molecule has 4 nitrogen and oxygen atoms in total. The molecule has 2 heterocycles. The minimum atomic E-state index is 0.408. The third kappa shape index (κ3) is 2.62. The van der Waals surface area contributed by atoms with Crippen LogP contribution in [0, 0.1) is 13.8 Å². The maximum atomic E-state index is 5.83. The Balaban J connectivity index is 2.10. The van der Waals surface area contributed by atoms with Gasteiger partial charge in [0.25, 0.3) is 0 Å². The summed E-state index contributed by atoms with van der Waals surface area (Å²) in [7, 11) is 0. The van der Waals surface area contributed by atoms with E-state index >= 15 is 0 Å². The summed E-state index contributed by atoms with van der Waals surface area (Å²) >= 11 is 1.74. The fourth-order valence-corrected chi connectivity index (χ4v) is 3.11. The Morgan fingerprint density at radius 2 is 2.05 bits per heavy atom. The molecule has 3 aromatic rings. The molecule has 0 atom stereocenters. The van der Waals surface area contributed by atoms with Gasteiger partial charge in [0.15, 0.2) is 0 Å². The van der Waals surface area contributed by atoms with Crippen molar-refractivity contribution in [2.24, 2.45) is 5.73 Å². The molecule has 0 aliphatic heterocycles. The molecule has 0 aliphatic rings. The van der Waals surface area contributed by atoms with Gasteiger partial charge in [0.2, 0.25) is 0 Å². The van der Waals surface area contributed by atoms with Crippen LogP contribution in [-0.4, -0.2) is 15.0 Å². The normalized spacial score (nSPS) is 11.0. The first-order valence-electron chi connectivity index (χ1n) is 6.93. The van der Waals surface area contributed by atoms with Gasteiger partial charge in [-0.15, -0.1) is 16.4 Å². The predicted molar refractivity (Wildman–Crippen MR) is 85.8 cm³/mol. The van der Waals surface area contributed by atoms with E-state index in [1.54, 1.807) is 11.3 Å². The highest BCUT2D eigenvalue weighted by atomic mass is 32.1. The van der Waals surface area contributed by atoms with Crippen LogP contribution < -0.4 is 5.73 Å². The first-order chi connectivity index (χ1) is 10.2. The van der Waals surface area contributed by atoms with Crippen molar-refractivity contribution in [3.63, 3.8) is 0 Å². The Kier molecular flexibility index (Phi) is 3.86. The maximum Gasteiger partial charge on any atom is 0.100 e. The van der Waals surface area contributed by atoms with Gasteiger partial charge in [0.05, 0.1) is 11.4 Å². The molecule has 0 saturated carbocycles. The Morgan fingerprint density at radius 3 is 2.76 bits per heavy atom. The molecule has 0 fully saturated rings. The molecule has 0 unspecified atom stereocenters. The average molecular weight is 298 g/mol. The van der Waals surface area contributed by atoms with Crippen LogP contribution in [0.4, 0.5) is 0 Å². The van der Waals surface area contributed by atoms with E-state index in [1.807, 2.05) is 4.68 Å². The number of hydrogen-bond acceptors (Lipinski definition) is 4. The van der Waals surface area contributed by atoms with E-state index in [9.17, 15) is 0 Å². The van der Waals surface area contributed by atoms with Crippen LogP contribution in [0.3, 0.4) is 0 Å². The molecule has 5 heteroatoms. The molecule has 0 spiro atoms.